The number of rotatable bonds is 7. The Morgan fingerprint density at radius 1 is 0.938 bits per heavy atom. The average Bonchev–Trinajstić information content (AvgIpc) is 2.25. The lowest BCUT2D eigenvalue weighted by atomic mass is 10.1. The van der Waals surface area contributed by atoms with Gasteiger partial charge in [-0.2, -0.15) is 0 Å². The molecule has 0 atom stereocenters. The van der Waals surface area contributed by atoms with Crippen molar-refractivity contribution < 1.29 is 8.42 Å². The fraction of sp³-hybridized carbons (Fsp3) is 1.00. The van der Waals surface area contributed by atoms with Gasteiger partial charge in [-0.3, -0.25) is 0 Å². The molecule has 1 saturated heterocycles. The fourth-order valence-electron chi connectivity index (χ4n) is 1.98. The molecule has 0 aromatic rings. The van der Waals surface area contributed by atoms with E-state index in [9.17, 15) is 8.42 Å². The molecule has 1 heterocycles. The highest BCUT2D eigenvalue weighted by atomic mass is 32.2. The predicted octanol–water partition coefficient (Wildman–Crippen LogP) is 0.626. The lowest BCUT2D eigenvalue weighted by Crippen LogP contribution is -2.40. The third kappa shape index (κ3) is 5.82. The molecule has 2 N–H and O–H groups in total. The first-order valence-corrected chi connectivity index (χ1v) is 8.09. The summed E-state index contributed by atoms with van der Waals surface area (Å²) in [6.45, 7) is 3.30. The van der Waals surface area contributed by atoms with Gasteiger partial charge in [-0.1, -0.05) is 19.3 Å². The van der Waals surface area contributed by atoms with E-state index < -0.39 is 9.84 Å². The van der Waals surface area contributed by atoms with Crippen molar-refractivity contribution in [2.45, 2.75) is 32.1 Å². The highest BCUT2D eigenvalue weighted by Gasteiger charge is 2.20. The van der Waals surface area contributed by atoms with Crippen LogP contribution in [-0.4, -0.2) is 51.0 Å². The van der Waals surface area contributed by atoms with Crippen molar-refractivity contribution in [3.05, 3.63) is 0 Å². The van der Waals surface area contributed by atoms with Crippen LogP contribution in [0.15, 0.2) is 0 Å². The van der Waals surface area contributed by atoms with Crippen molar-refractivity contribution in [2.75, 3.05) is 37.7 Å². The van der Waals surface area contributed by atoms with E-state index in [1.807, 2.05) is 0 Å². The van der Waals surface area contributed by atoms with Crippen LogP contribution in [0.2, 0.25) is 0 Å². The van der Waals surface area contributed by atoms with E-state index in [0.717, 1.165) is 32.6 Å². The molecule has 0 bridgehead atoms. The summed E-state index contributed by atoms with van der Waals surface area (Å²) >= 11 is 0. The monoisotopic (exact) mass is 248 g/mol. The first kappa shape index (κ1) is 13.9. The molecule has 1 rings (SSSR count). The normalized spacial score (nSPS) is 21.1. The summed E-state index contributed by atoms with van der Waals surface area (Å²) in [4.78, 5) is 2.27. The minimum absolute atomic E-state index is 0.347. The highest BCUT2D eigenvalue weighted by molar-refractivity contribution is 7.91. The van der Waals surface area contributed by atoms with E-state index in [0.29, 0.717) is 11.5 Å². The van der Waals surface area contributed by atoms with E-state index in [1.165, 1.54) is 25.7 Å². The summed E-state index contributed by atoms with van der Waals surface area (Å²) in [6.07, 6.45) is 6.03. The van der Waals surface area contributed by atoms with Gasteiger partial charge >= 0.3 is 0 Å². The van der Waals surface area contributed by atoms with Gasteiger partial charge in [0.1, 0.15) is 0 Å². The maximum Gasteiger partial charge on any atom is 0.152 e. The van der Waals surface area contributed by atoms with Gasteiger partial charge in [0, 0.05) is 13.1 Å². The molecule has 1 fully saturated rings. The second-order valence-electron chi connectivity index (χ2n) is 4.55. The summed E-state index contributed by atoms with van der Waals surface area (Å²) in [6, 6.07) is 0. The van der Waals surface area contributed by atoms with Crippen LogP contribution in [0.4, 0.5) is 0 Å². The molecule has 16 heavy (non-hydrogen) atoms. The van der Waals surface area contributed by atoms with Crippen molar-refractivity contribution in [3.63, 3.8) is 0 Å². The van der Waals surface area contributed by atoms with Crippen molar-refractivity contribution in [1.29, 1.82) is 0 Å². The molecular weight excluding hydrogens is 224 g/mol. The average molecular weight is 248 g/mol. The van der Waals surface area contributed by atoms with Crippen LogP contribution in [0.25, 0.3) is 0 Å². The van der Waals surface area contributed by atoms with Gasteiger partial charge in [0.05, 0.1) is 11.5 Å². The quantitative estimate of drug-likeness (QED) is 0.671. The molecule has 0 amide bonds. The van der Waals surface area contributed by atoms with E-state index in [1.54, 1.807) is 0 Å². The largest absolute Gasteiger partial charge is 0.330 e. The lowest BCUT2D eigenvalue weighted by molar-refractivity contribution is 0.287. The zero-order chi connectivity index (χ0) is 11.9. The smallest absolute Gasteiger partial charge is 0.152 e. The van der Waals surface area contributed by atoms with Gasteiger partial charge in [0.15, 0.2) is 9.84 Å². The lowest BCUT2D eigenvalue weighted by Gasteiger charge is -2.26. The Bertz CT molecular complexity index is 264. The van der Waals surface area contributed by atoms with Crippen LogP contribution in [0.5, 0.6) is 0 Å². The molecule has 4 nitrogen and oxygen atoms in total. The molecule has 0 aromatic carbocycles. The molecule has 96 valence electrons. The number of unbranched alkanes of at least 4 members (excludes halogenated alkanes) is 4. The Labute approximate surface area is 99.1 Å². The van der Waals surface area contributed by atoms with Crippen LogP contribution < -0.4 is 5.73 Å². The fourth-order valence-corrected chi connectivity index (χ4v) is 3.26. The van der Waals surface area contributed by atoms with Gasteiger partial charge in [-0.05, 0) is 25.9 Å². The second kappa shape index (κ2) is 7.25. The van der Waals surface area contributed by atoms with Crippen molar-refractivity contribution >= 4 is 9.84 Å². The van der Waals surface area contributed by atoms with Crippen LogP contribution in [0.3, 0.4) is 0 Å². The summed E-state index contributed by atoms with van der Waals surface area (Å²) in [5, 5.41) is 0. The van der Waals surface area contributed by atoms with Crippen molar-refractivity contribution in [3.8, 4) is 0 Å². The molecule has 1 aliphatic heterocycles. The van der Waals surface area contributed by atoms with Crippen LogP contribution in [0, 0.1) is 0 Å². The Balaban J connectivity index is 1.98. The highest BCUT2D eigenvalue weighted by Crippen LogP contribution is 2.07. The minimum Gasteiger partial charge on any atom is -0.330 e. The van der Waals surface area contributed by atoms with Gasteiger partial charge in [-0.25, -0.2) is 8.42 Å². The number of nitrogens with two attached hydrogens (primary N) is 1. The zero-order valence-electron chi connectivity index (χ0n) is 10.0. The van der Waals surface area contributed by atoms with Crippen LogP contribution in [0.1, 0.15) is 32.1 Å². The zero-order valence-corrected chi connectivity index (χ0v) is 10.8. The molecule has 0 unspecified atom stereocenters. The predicted molar refractivity (Wildman–Crippen MR) is 67.2 cm³/mol. The number of hydrogen-bond donors (Lipinski definition) is 1. The summed E-state index contributed by atoms with van der Waals surface area (Å²) in [5.74, 6) is 0.695. The molecule has 0 spiro atoms. The van der Waals surface area contributed by atoms with Gasteiger partial charge < -0.3 is 10.6 Å². The molecule has 1 aliphatic rings. The third-order valence-electron chi connectivity index (χ3n) is 3.12. The molecular formula is C11H24N2O2S. The standard InChI is InChI=1S/C11H24N2O2S/c12-6-4-2-1-3-5-7-13-8-10-16(14,15)11-9-13/h1-12H2. The molecule has 0 saturated carbocycles. The van der Waals surface area contributed by atoms with E-state index in [2.05, 4.69) is 4.90 Å². The molecule has 0 radical (unpaired) electrons. The Morgan fingerprint density at radius 3 is 2.12 bits per heavy atom. The van der Waals surface area contributed by atoms with E-state index in [4.69, 9.17) is 5.73 Å². The van der Waals surface area contributed by atoms with Crippen LogP contribution >= 0.6 is 0 Å². The molecule has 5 heteroatoms. The summed E-state index contributed by atoms with van der Waals surface area (Å²) in [5.41, 5.74) is 5.42. The number of hydrogen-bond acceptors (Lipinski definition) is 4. The number of nitrogens with zero attached hydrogens (tertiary/aromatic N) is 1. The Kier molecular flexibility index (Phi) is 6.31. The third-order valence-corrected chi connectivity index (χ3v) is 4.72. The second-order valence-corrected chi connectivity index (χ2v) is 6.85. The topological polar surface area (TPSA) is 63.4 Å². The first-order valence-electron chi connectivity index (χ1n) is 6.27. The molecule has 0 aliphatic carbocycles. The van der Waals surface area contributed by atoms with Crippen LogP contribution in [-0.2, 0) is 9.84 Å². The SMILES string of the molecule is NCCCCCCCN1CCS(=O)(=O)CC1. The van der Waals surface area contributed by atoms with Crippen molar-refractivity contribution in [1.82, 2.24) is 4.90 Å². The molecule has 0 aromatic heterocycles. The van der Waals surface area contributed by atoms with Crippen molar-refractivity contribution in [2.24, 2.45) is 5.73 Å². The van der Waals surface area contributed by atoms with Gasteiger partial charge in [-0.15, -0.1) is 0 Å². The minimum atomic E-state index is -2.71. The van der Waals surface area contributed by atoms with E-state index in [-0.39, 0.29) is 0 Å². The summed E-state index contributed by atoms with van der Waals surface area (Å²) < 4.78 is 22.4. The summed E-state index contributed by atoms with van der Waals surface area (Å²) in [7, 11) is -2.71. The maximum atomic E-state index is 11.2. The van der Waals surface area contributed by atoms with E-state index >= 15 is 0 Å². The Morgan fingerprint density at radius 2 is 1.50 bits per heavy atom. The number of sulfone groups is 1. The first-order chi connectivity index (χ1) is 7.64. The maximum absolute atomic E-state index is 11.2. The Hall–Kier alpha value is -0.130. The van der Waals surface area contributed by atoms with Gasteiger partial charge in [0.2, 0.25) is 0 Å². The van der Waals surface area contributed by atoms with Gasteiger partial charge in [0.25, 0.3) is 0 Å².